The largest absolute Gasteiger partial charge is 0.513 e. The highest BCUT2D eigenvalue weighted by Crippen LogP contribution is 2.45. The van der Waals surface area contributed by atoms with Gasteiger partial charge in [-0.25, -0.2) is 0 Å². The number of hydrogen-bond donors (Lipinski definition) is 2. The lowest BCUT2D eigenvalue weighted by molar-refractivity contribution is 0.161. The quantitative estimate of drug-likeness (QED) is 0.521. The van der Waals surface area contributed by atoms with E-state index < -0.39 is 6.10 Å². The molecule has 2 aliphatic carbocycles. The highest BCUT2D eigenvalue weighted by atomic mass is 16.5. The molecule has 1 fully saturated rings. The third-order valence-electron chi connectivity index (χ3n) is 5.65. The first-order chi connectivity index (χ1) is 12.1. The first-order valence-electron chi connectivity index (χ1n) is 9.55. The maximum Gasteiger partial charge on any atom is 0.119 e. The van der Waals surface area contributed by atoms with Gasteiger partial charge in [-0.05, 0) is 60.8 Å². The Balaban J connectivity index is 1.57. The van der Waals surface area contributed by atoms with Crippen LogP contribution < -0.4 is 4.74 Å². The van der Waals surface area contributed by atoms with Gasteiger partial charge in [-0.2, -0.15) is 0 Å². The van der Waals surface area contributed by atoms with Gasteiger partial charge in [0.15, 0.2) is 0 Å². The summed E-state index contributed by atoms with van der Waals surface area (Å²) < 4.78 is 5.98. The maximum absolute atomic E-state index is 9.99. The fourth-order valence-electron chi connectivity index (χ4n) is 4.31. The minimum Gasteiger partial charge on any atom is -0.513 e. The van der Waals surface area contributed by atoms with E-state index >= 15 is 0 Å². The molecule has 25 heavy (non-hydrogen) atoms. The molecule has 3 rings (SSSR count). The Hall–Kier alpha value is -1.74. The van der Waals surface area contributed by atoms with E-state index in [2.05, 4.69) is 12.7 Å². The highest BCUT2D eigenvalue weighted by molar-refractivity contribution is 5.29. The van der Waals surface area contributed by atoms with Crippen LogP contribution in [0.4, 0.5) is 0 Å². The van der Waals surface area contributed by atoms with Crippen molar-refractivity contribution in [2.24, 2.45) is 5.41 Å². The summed E-state index contributed by atoms with van der Waals surface area (Å²) >= 11 is 0. The number of hydrogen-bond acceptors (Lipinski definition) is 3. The van der Waals surface area contributed by atoms with Crippen LogP contribution in [0.2, 0.25) is 0 Å². The number of rotatable bonds is 6. The fourth-order valence-corrected chi connectivity index (χ4v) is 4.31. The van der Waals surface area contributed by atoms with Gasteiger partial charge in [0, 0.05) is 6.42 Å². The Morgan fingerprint density at radius 2 is 1.76 bits per heavy atom. The Morgan fingerprint density at radius 3 is 2.44 bits per heavy atom. The molecule has 1 aromatic carbocycles. The summed E-state index contributed by atoms with van der Waals surface area (Å²) in [4.78, 5) is 0. The van der Waals surface area contributed by atoms with E-state index in [0.29, 0.717) is 12.0 Å². The zero-order valence-corrected chi connectivity index (χ0v) is 15.0. The Morgan fingerprint density at radius 1 is 1.08 bits per heavy atom. The maximum atomic E-state index is 9.99. The molecule has 3 nitrogen and oxygen atoms in total. The number of aliphatic hydroxyl groups is 2. The molecule has 0 heterocycles. The summed E-state index contributed by atoms with van der Waals surface area (Å²) in [5.74, 6) is 0.816. The van der Waals surface area contributed by atoms with Crippen molar-refractivity contribution in [3.05, 3.63) is 53.8 Å². The number of allylic oxidation sites excluding steroid dienone is 1. The van der Waals surface area contributed by atoms with Crippen molar-refractivity contribution in [1.29, 1.82) is 0 Å². The first-order valence-corrected chi connectivity index (χ1v) is 9.55. The highest BCUT2D eigenvalue weighted by Gasteiger charge is 2.32. The van der Waals surface area contributed by atoms with Crippen LogP contribution in [-0.2, 0) is 0 Å². The number of aliphatic hydroxyl groups excluding tert-OH is 2. The van der Waals surface area contributed by atoms with Crippen molar-refractivity contribution in [3.63, 3.8) is 0 Å². The second-order valence-corrected chi connectivity index (χ2v) is 7.72. The van der Waals surface area contributed by atoms with Gasteiger partial charge in [0.2, 0.25) is 0 Å². The molecule has 0 aromatic heterocycles. The molecule has 2 N–H and O–H groups in total. The minimum absolute atomic E-state index is 0.00583. The molecular weight excluding hydrogens is 312 g/mol. The summed E-state index contributed by atoms with van der Waals surface area (Å²) in [6.45, 7) is 4.08. The van der Waals surface area contributed by atoms with E-state index in [1.54, 1.807) is 0 Å². The summed E-state index contributed by atoms with van der Waals surface area (Å²) in [6.07, 6.45) is 12.6. The summed E-state index contributed by atoms with van der Waals surface area (Å²) in [5.41, 5.74) is 2.66. The summed E-state index contributed by atoms with van der Waals surface area (Å²) in [5, 5.41) is 19.2. The number of benzene rings is 1. The van der Waals surface area contributed by atoms with E-state index in [-0.39, 0.29) is 12.2 Å². The van der Waals surface area contributed by atoms with Gasteiger partial charge in [-0.3, -0.25) is 0 Å². The van der Waals surface area contributed by atoms with Crippen molar-refractivity contribution >= 4 is 0 Å². The monoisotopic (exact) mass is 342 g/mol. The third-order valence-corrected chi connectivity index (χ3v) is 5.65. The van der Waals surface area contributed by atoms with Crippen LogP contribution in [0.25, 0.3) is 0 Å². The van der Waals surface area contributed by atoms with Crippen LogP contribution in [0, 0.1) is 5.41 Å². The Bertz CT molecular complexity index is 609. The van der Waals surface area contributed by atoms with Crippen LogP contribution in [0.3, 0.4) is 0 Å². The topological polar surface area (TPSA) is 49.7 Å². The molecule has 0 aliphatic heterocycles. The smallest absolute Gasteiger partial charge is 0.119 e. The molecule has 136 valence electrons. The normalized spacial score (nSPS) is 20.8. The molecule has 1 atom stereocenters. The average molecular weight is 342 g/mol. The van der Waals surface area contributed by atoms with Crippen molar-refractivity contribution < 1.29 is 14.9 Å². The molecule has 3 heteroatoms. The molecule has 2 aliphatic rings. The molecule has 1 spiro atoms. The van der Waals surface area contributed by atoms with Crippen molar-refractivity contribution in [3.8, 4) is 5.75 Å². The molecule has 0 saturated heterocycles. The fraction of sp³-hybridized carbons (Fsp3) is 0.545. The lowest BCUT2D eigenvalue weighted by atomic mass is 9.67. The van der Waals surface area contributed by atoms with Crippen molar-refractivity contribution in [1.82, 2.24) is 0 Å². The van der Waals surface area contributed by atoms with E-state index in [4.69, 9.17) is 4.74 Å². The molecule has 0 radical (unpaired) electrons. The van der Waals surface area contributed by atoms with Gasteiger partial charge in [0.1, 0.15) is 12.4 Å². The molecule has 1 saturated carbocycles. The second kappa shape index (κ2) is 8.09. The van der Waals surface area contributed by atoms with E-state index in [1.165, 1.54) is 50.5 Å². The van der Waals surface area contributed by atoms with E-state index in [1.807, 2.05) is 24.3 Å². The standard InChI is InChI=1S/C22H30O3/c1-17(23)14-21(24)19-7-9-20(10-8-19)25-16-18-6-5-13-22(15-18)11-3-2-4-12-22/h7-10,15,21,23-24H,1-6,11-14,16H2. The van der Waals surface area contributed by atoms with Gasteiger partial charge >= 0.3 is 0 Å². The van der Waals surface area contributed by atoms with Crippen LogP contribution >= 0.6 is 0 Å². The zero-order chi connectivity index (χ0) is 17.7. The third kappa shape index (κ3) is 4.88. The van der Waals surface area contributed by atoms with Crippen LogP contribution in [0.1, 0.15) is 69.5 Å². The van der Waals surface area contributed by atoms with Gasteiger partial charge in [-0.1, -0.05) is 44.1 Å². The predicted octanol–water partition coefficient (Wildman–Crippen LogP) is 5.62. The van der Waals surface area contributed by atoms with Crippen LogP contribution in [-0.4, -0.2) is 16.8 Å². The SMILES string of the molecule is C=C(O)CC(O)c1ccc(OCC2=CC3(CCCCC3)CCC2)cc1. The van der Waals surface area contributed by atoms with E-state index in [0.717, 1.165) is 17.7 Å². The van der Waals surface area contributed by atoms with Crippen molar-refractivity contribution in [2.75, 3.05) is 6.61 Å². The van der Waals surface area contributed by atoms with E-state index in [9.17, 15) is 10.2 Å². The lowest BCUT2D eigenvalue weighted by Gasteiger charge is -2.38. The molecule has 0 amide bonds. The molecule has 0 bridgehead atoms. The van der Waals surface area contributed by atoms with Crippen LogP contribution in [0.5, 0.6) is 5.75 Å². The molecule has 1 unspecified atom stereocenters. The van der Waals surface area contributed by atoms with Gasteiger partial charge in [0.05, 0.1) is 11.9 Å². The van der Waals surface area contributed by atoms with Crippen molar-refractivity contribution in [2.45, 2.75) is 63.9 Å². The second-order valence-electron chi connectivity index (χ2n) is 7.72. The molecular formula is C22H30O3. The summed E-state index contributed by atoms with van der Waals surface area (Å²) in [6, 6.07) is 7.47. The summed E-state index contributed by atoms with van der Waals surface area (Å²) in [7, 11) is 0. The zero-order valence-electron chi connectivity index (χ0n) is 15.0. The van der Waals surface area contributed by atoms with Gasteiger partial charge < -0.3 is 14.9 Å². The predicted molar refractivity (Wildman–Crippen MR) is 101 cm³/mol. The average Bonchev–Trinajstić information content (AvgIpc) is 2.61. The van der Waals surface area contributed by atoms with Crippen LogP contribution in [0.15, 0.2) is 48.3 Å². The first kappa shape index (κ1) is 18.1. The minimum atomic E-state index is -0.723. The number of ether oxygens (including phenoxy) is 1. The Labute approximate surface area is 151 Å². The van der Waals surface area contributed by atoms with Gasteiger partial charge in [-0.15, -0.1) is 0 Å². The Kier molecular flexibility index (Phi) is 5.85. The lowest BCUT2D eigenvalue weighted by Crippen LogP contribution is -2.25. The van der Waals surface area contributed by atoms with Gasteiger partial charge in [0.25, 0.3) is 0 Å². The molecule has 1 aromatic rings.